The Hall–Kier alpha value is -3.08. The van der Waals surface area contributed by atoms with E-state index in [2.05, 4.69) is 17.6 Å². The van der Waals surface area contributed by atoms with Crippen LogP contribution in [-0.2, 0) is 11.2 Å². The largest absolute Gasteiger partial charge is 0.319 e. The van der Waals surface area contributed by atoms with Gasteiger partial charge in [0.2, 0.25) is 0 Å². The molecule has 0 atom stereocenters. The molecular formula is C27H26Cl2N2O2. The fourth-order valence-electron chi connectivity index (χ4n) is 3.17. The Balaban J connectivity index is 1.85. The van der Waals surface area contributed by atoms with Gasteiger partial charge in [0.25, 0.3) is 11.8 Å². The molecule has 0 saturated heterocycles. The third-order valence-corrected chi connectivity index (χ3v) is 5.66. The molecule has 33 heavy (non-hydrogen) atoms. The summed E-state index contributed by atoms with van der Waals surface area (Å²) < 4.78 is 0. The molecule has 0 bridgehead atoms. The van der Waals surface area contributed by atoms with Crippen molar-refractivity contribution in [1.82, 2.24) is 5.32 Å². The minimum atomic E-state index is -0.507. The molecule has 0 aliphatic carbocycles. The highest BCUT2D eigenvalue weighted by Gasteiger charge is 2.16. The van der Waals surface area contributed by atoms with Gasteiger partial charge in [0.1, 0.15) is 5.70 Å². The van der Waals surface area contributed by atoms with Gasteiger partial charge in [-0.05, 0) is 67.3 Å². The predicted molar refractivity (Wildman–Crippen MR) is 137 cm³/mol. The van der Waals surface area contributed by atoms with Crippen LogP contribution in [0.4, 0.5) is 5.69 Å². The zero-order valence-electron chi connectivity index (χ0n) is 18.6. The Morgan fingerprint density at radius 2 is 1.64 bits per heavy atom. The van der Waals surface area contributed by atoms with Gasteiger partial charge < -0.3 is 10.6 Å². The molecule has 0 heterocycles. The molecule has 3 aromatic rings. The number of amides is 2. The highest BCUT2D eigenvalue weighted by molar-refractivity contribution is 6.36. The number of anilines is 1. The number of benzene rings is 3. The van der Waals surface area contributed by atoms with Gasteiger partial charge in [0.15, 0.2) is 0 Å². The summed E-state index contributed by atoms with van der Waals surface area (Å²) in [5.41, 5.74) is 3.97. The van der Waals surface area contributed by atoms with E-state index in [1.54, 1.807) is 36.4 Å². The molecule has 0 radical (unpaired) electrons. The Morgan fingerprint density at radius 3 is 2.30 bits per heavy atom. The van der Waals surface area contributed by atoms with Gasteiger partial charge in [-0.1, -0.05) is 78.5 Å². The van der Waals surface area contributed by atoms with E-state index >= 15 is 0 Å². The van der Waals surface area contributed by atoms with Gasteiger partial charge in [0, 0.05) is 10.6 Å². The number of hydrogen-bond donors (Lipinski definition) is 2. The number of nitrogens with one attached hydrogen (secondary N) is 2. The lowest BCUT2D eigenvalue weighted by Crippen LogP contribution is -2.30. The van der Waals surface area contributed by atoms with E-state index in [1.807, 2.05) is 43.3 Å². The van der Waals surface area contributed by atoms with Crippen LogP contribution in [0, 0.1) is 6.92 Å². The Morgan fingerprint density at radius 1 is 0.939 bits per heavy atom. The van der Waals surface area contributed by atoms with Crippen LogP contribution < -0.4 is 10.6 Å². The third-order valence-electron chi connectivity index (χ3n) is 5.09. The molecule has 0 aromatic heterocycles. The topological polar surface area (TPSA) is 58.2 Å². The van der Waals surface area contributed by atoms with Gasteiger partial charge >= 0.3 is 0 Å². The number of aryl methyl sites for hydroxylation is 2. The minimum Gasteiger partial charge on any atom is -0.319 e. The molecule has 0 aliphatic heterocycles. The van der Waals surface area contributed by atoms with Crippen molar-refractivity contribution in [3.63, 3.8) is 0 Å². The van der Waals surface area contributed by atoms with Gasteiger partial charge in [-0.3, -0.25) is 9.59 Å². The van der Waals surface area contributed by atoms with Crippen molar-refractivity contribution in [2.75, 3.05) is 5.32 Å². The fraction of sp³-hybridized carbons (Fsp3) is 0.185. The van der Waals surface area contributed by atoms with E-state index in [9.17, 15) is 9.59 Å². The molecule has 170 valence electrons. The van der Waals surface area contributed by atoms with Crippen LogP contribution in [-0.4, -0.2) is 11.8 Å². The smallest absolute Gasteiger partial charge is 0.272 e. The van der Waals surface area contributed by atoms with E-state index in [1.165, 1.54) is 5.56 Å². The molecule has 0 aliphatic rings. The first-order valence-electron chi connectivity index (χ1n) is 10.8. The van der Waals surface area contributed by atoms with E-state index in [0.29, 0.717) is 21.3 Å². The number of carbonyl (C=O) groups excluding carboxylic acids is 2. The molecule has 3 aromatic carbocycles. The SMILES string of the molecule is CCCCc1ccc(C(=O)NC(=Cc2ccc(C)cc2)C(=O)Nc2cc(Cl)ccc2Cl)cc1. The van der Waals surface area contributed by atoms with Crippen molar-refractivity contribution in [2.24, 2.45) is 0 Å². The highest BCUT2D eigenvalue weighted by atomic mass is 35.5. The molecule has 6 heteroatoms. The average Bonchev–Trinajstić information content (AvgIpc) is 2.81. The summed E-state index contributed by atoms with van der Waals surface area (Å²) in [7, 11) is 0. The van der Waals surface area contributed by atoms with Crippen molar-refractivity contribution < 1.29 is 9.59 Å². The number of rotatable bonds is 8. The normalized spacial score (nSPS) is 11.2. The second-order valence-corrected chi connectivity index (χ2v) is 8.65. The number of halogens is 2. The lowest BCUT2D eigenvalue weighted by molar-refractivity contribution is -0.113. The van der Waals surface area contributed by atoms with Crippen LogP contribution in [0.5, 0.6) is 0 Å². The van der Waals surface area contributed by atoms with Crippen LogP contribution in [0.15, 0.2) is 72.4 Å². The van der Waals surface area contributed by atoms with Crippen molar-refractivity contribution >= 4 is 46.8 Å². The molecule has 2 amide bonds. The Kier molecular flexibility index (Phi) is 8.70. The molecular weight excluding hydrogens is 455 g/mol. The first-order chi connectivity index (χ1) is 15.9. The summed E-state index contributed by atoms with van der Waals surface area (Å²) in [6.07, 6.45) is 4.81. The lowest BCUT2D eigenvalue weighted by Gasteiger charge is -2.13. The molecule has 3 rings (SSSR count). The first-order valence-corrected chi connectivity index (χ1v) is 11.6. The maximum absolute atomic E-state index is 13.1. The fourth-order valence-corrected chi connectivity index (χ4v) is 3.51. The molecule has 4 nitrogen and oxygen atoms in total. The maximum Gasteiger partial charge on any atom is 0.272 e. The summed E-state index contributed by atoms with van der Waals surface area (Å²) in [6, 6.07) is 19.9. The monoisotopic (exact) mass is 480 g/mol. The Labute approximate surface area is 204 Å². The highest BCUT2D eigenvalue weighted by Crippen LogP contribution is 2.26. The summed E-state index contributed by atoms with van der Waals surface area (Å²) in [5, 5.41) is 6.26. The van der Waals surface area contributed by atoms with E-state index in [0.717, 1.165) is 30.4 Å². The standard InChI is InChI=1S/C27H26Cl2N2O2/c1-3-4-5-19-10-12-21(13-11-19)26(32)31-25(16-20-8-6-18(2)7-9-20)27(33)30-24-17-22(28)14-15-23(24)29/h6-17H,3-5H2,1-2H3,(H,30,33)(H,31,32). The van der Waals surface area contributed by atoms with Crippen molar-refractivity contribution in [3.8, 4) is 0 Å². The molecule has 0 unspecified atom stereocenters. The third kappa shape index (κ3) is 7.21. The van der Waals surface area contributed by atoms with Gasteiger partial charge in [0.05, 0.1) is 10.7 Å². The second-order valence-electron chi connectivity index (χ2n) is 7.80. The van der Waals surface area contributed by atoms with Crippen LogP contribution in [0.25, 0.3) is 6.08 Å². The minimum absolute atomic E-state index is 0.0926. The summed E-state index contributed by atoms with van der Waals surface area (Å²) >= 11 is 12.2. The van der Waals surface area contributed by atoms with Crippen molar-refractivity contribution in [3.05, 3.63) is 105 Å². The quantitative estimate of drug-likeness (QED) is 0.339. The number of unbranched alkanes of at least 4 members (excludes halogenated alkanes) is 1. The van der Waals surface area contributed by atoms with Gasteiger partial charge in [-0.25, -0.2) is 0 Å². The molecule has 0 fully saturated rings. The summed E-state index contributed by atoms with van der Waals surface area (Å²) in [5.74, 6) is -0.879. The second kappa shape index (κ2) is 11.7. The van der Waals surface area contributed by atoms with E-state index in [-0.39, 0.29) is 11.6 Å². The average molecular weight is 481 g/mol. The lowest BCUT2D eigenvalue weighted by atomic mass is 10.1. The number of hydrogen-bond acceptors (Lipinski definition) is 2. The maximum atomic E-state index is 13.1. The van der Waals surface area contributed by atoms with Crippen molar-refractivity contribution in [2.45, 2.75) is 33.1 Å². The van der Waals surface area contributed by atoms with Crippen LogP contribution in [0.2, 0.25) is 10.0 Å². The summed E-state index contributed by atoms with van der Waals surface area (Å²) in [6.45, 7) is 4.12. The van der Waals surface area contributed by atoms with Gasteiger partial charge in [-0.2, -0.15) is 0 Å². The van der Waals surface area contributed by atoms with Gasteiger partial charge in [-0.15, -0.1) is 0 Å². The molecule has 0 spiro atoms. The van der Waals surface area contributed by atoms with Crippen LogP contribution in [0.1, 0.15) is 46.8 Å². The van der Waals surface area contributed by atoms with Crippen molar-refractivity contribution in [1.29, 1.82) is 0 Å². The zero-order chi connectivity index (χ0) is 23.8. The van der Waals surface area contributed by atoms with E-state index < -0.39 is 5.91 Å². The molecule has 2 N–H and O–H groups in total. The Bertz CT molecular complexity index is 1150. The summed E-state index contributed by atoms with van der Waals surface area (Å²) in [4.78, 5) is 26.0. The molecule has 0 saturated carbocycles. The van der Waals surface area contributed by atoms with Crippen LogP contribution in [0.3, 0.4) is 0 Å². The first kappa shape index (κ1) is 24.6. The van der Waals surface area contributed by atoms with E-state index in [4.69, 9.17) is 23.2 Å². The number of carbonyl (C=O) groups is 2. The van der Waals surface area contributed by atoms with Crippen LogP contribution >= 0.6 is 23.2 Å². The zero-order valence-corrected chi connectivity index (χ0v) is 20.1. The predicted octanol–water partition coefficient (Wildman–Crippen LogP) is 7.05.